The number of nitrogens with one attached hydrogen (secondary N) is 2. The predicted octanol–water partition coefficient (Wildman–Crippen LogP) is 4.53. The van der Waals surface area contributed by atoms with Crippen molar-refractivity contribution in [3.8, 4) is 17.2 Å². The summed E-state index contributed by atoms with van der Waals surface area (Å²) in [6, 6.07) is 17.4. The highest BCUT2D eigenvalue weighted by Gasteiger charge is 2.19. The molecule has 0 aliphatic rings. The molecule has 2 N–H and O–H groups in total. The summed E-state index contributed by atoms with van der Waals surface area (Å²) < 4.78 is 15.9. The van der Waals surface area contributed by atoms with Crippen molar-refractivity contribution in [2.24, 2.45) is 0 Å². The Hall–Kier alpha value is -4.00. The third kappa shape index (κ3) is 4.95. The van der Waals surface area contributed by atoms with Crippen LogP contribution >= 0.6 is 0 Å². The molecule has 0 fully saturated rings. The molecule has 0 unspecified atom stereocenters. The van der Waals surface area contributed by atoms with Crippen molar-refractivity contribution in [2.75, 3.05) is 32.0 Å². The van der Waals surface area contributed by atoms with E-state index in [1.165, 1.54) is 21.3 Å². The quantitative estimate of drug-likeness (QED) is 0.587. The number of rotatable bonds is 7. The average molecular weight is 420 g/mol. The van der Waals surface area contributed by atoms with E-state index in [2.05, 4.69) is 10.6 Å². The minimum absolute atomic E-state index is 0.295. The van der Waals surface area contributed by atoms with Crippen LogP contribution in [0.25, 0.3) is 0 Å². The predicted molar refractivity (Wildman–Crippen MR) is 120 cm³/mol. The number of carbonyl (C=O) groups excluding carboxylic acids is 2. The Kier molecular flexibility index (Phi) is 6.77. The molecule has 0 radical (unpaired) electrons. The number of aryl methyl sites for hydroxylation is 1. The molecule has 0 aromatic heterocycles. The normalized spacial score (nSPS) is 10.2. The van der Waals surface area contributed by atoms with Crippen LogP contribution in [0.3, 0.4) is 0 Å². The number of ether oxygens (including phenoxy) is 3. The highest BCUT2D eigenvalue weighted by atomic mass is 16.5. The van der Waals surface area contributed by atoms with Crippen LogP contribution in [0.15, 0.2) is 60.7 Å². The summed E-state index contributed by atoms with van der Waals surface area (Å²) in [6.45, 7) is 1.95. The molecule has 3 rings (SSSR count). The largest absolute Gasteiger partial charge is 0.493 e. The summed E-state index contributed by atoms with van der Waals surface area (Å²) in [5.41, 5.74) is 2.72. The summed E-state index contributed by atoms with van der Waals surface area (Å²) >= 11 is 0. The molecule has 0 bridgehead atoms. The molecule has 2 amide bonds. The molecule has 0 heterocycles. The fraction of sp³-hybridized carbons (Fsp3) is 0.167. The molecule has 7 nitrogen and oxygen atoms in total. The summed E-state index contributed by atoms with van der Waals surface area (Å²) in [6.07, 6.45) is 0. The molecule has 3 aromatic carbocycles. The van der Waals surface area contributed by atoms with Gasteiger partial charge in [-0.3, -0.25) is 9.59 Å². The van der Waals surface area contributed by atoms with Crippen molar-refractivity contribution in [2.45, 2.75) is 6.92 Å². The van der Waals surface area contributed by atoms with Crippen LogP contribution in [0.4, 0.5) is 11.4 Å². The van der Waals surface area contributed by atoms with Gasteiger partial charge in [0.05, 0.1) is 32.6 Å². The molecule has 160 valence electrons. The van der Waals surface area contributed by atoms with E-state index in [4.69, 9.17) is 14.2 Å². The Morgan fingerprint density at radius 1 is 0.742 bits per heavy atom. The minimum atomic E-state index is -0.421. The SMILES string of the molecule is COc1cc(C(=O)Nc2ccccc2C(=O)Nc2cccc(C)c2)cc(OC)c1OC. The van der Waals surface area contributed by atoms with Gasteiger partial charge in [-0.2, -0.15) is 0 Å². The van der Waals surface area contributed by atoms with E-state index in [0.717, 1.165) is 5.56 Å². The third-order valence-electron chi connectivity index (χ3n) is 4.62. The topological polar surface area (TPSA) is 85.9 Å². The maximum atomic E-state index is 12.9. The Bertz CT molecular complexity index is 1090. The zero-order valence-electron chi connectivity index (χ0n) is 17.8. The zero-order chi connectivity index (χ0) is 22.4. The summed E-state index contributed by atoms with van der Waals surface area (Å²) in [5, 5.41) is 5.65. The highest BCUT2D eigenvalue weighted by molar-refractivity contribution is 6.12. The van der Waals surface area contributed by atoms with Crippen molar-refractivity contribution < 1.29 is 23.8 Å². The van der Waals surface area contributed by atoms with Crippen LogP contribution in [0, 0.1) is 6.92 Å². The van der Waals surface area contributed by atoms with Crippen molar-refractivity contribution in [1.82, 2.24) is 0 Å². The molecule has 0 atom stereocenters. The van der Waals surface area contributed by atoms with Gasteiger partial charge in [-0.25, -0.2) is 0 Å². The van der Waals surface area contributed by atoms with Crippen molar-refractivity contribution in [3.63, 3.8) is 0 Å². The Morgan fingerprint density at radius 3 is 2.03 bits per heavy atom. The van der Waals surface area contributed by atoms with Gasteiger partial charge in [-0.15, -0.1) is 0 Å². The maximum Gasteiger partial charge on any atom is 0.257 e. The van der Waals surface area contributed by atoms with Gasteiger partial charge in [0.15, 0.2) is 11.5 Å². The van der Waals surface area contributed by atoms with Gasteiger partial charge in [0.1, 0.15) is 0 Å². The molecular weight excluding hydrogens is 396 g/mol. The fourth-order valence-corrected chi connectivity index (χ4v) is 3.12. The number of hydrogen-bond donors (Lipinski definition) is 2. The summed E-state index contributed by atoms with van der Waals surface area (Å²) in [7, 11) is 4.44. The molecule has 31 heavy (non-hydrogen) atoms. The van der Waals surface area contributed by atoms with E-state index in [-0.39, 0.29) is 5.91 Å². The lowest BCUT2D eigenvalue weighted by atomic mass is 10.1. The Labute approximate surface area is 180 Å². The molecule has 0 saturated heterocycles. The monoisotopic (exact) mass is 420 g/mol. The molecule has 0 saturated carbocycles. The van der Waals surface area contributed by atoms with Gasteiger partial charge in [-0.05, 0) is 48.9 Å². The maximum absolute atomic E-state index is 12.9. The first-order chi connectivity index (χ1) is 15.0. The number of benzene rings is 3. The summed E-state index contributed by atoms with van der Waals surface area (Å²) in [4.78, 5) is 25.8. The van der Waals surface area contributed by atoms with E-state index in [1.807, 2.05) is 31.2 Å². The van der Waals surface area contributed by atoms with Gasteiger partial charge in [0, 0.05) is 11.3 Å². The number of carbonyl (C=O) groups is 2. The molecular formula is C24H24N2O5. The molecule has 0 aliphatic heterocycles. The van der Waals surface area contributed by atoms with Gasteiger partial charge in [-0.1, -0.05) is 24.3 Å². The lowest BCUT2D eigenvalue weighted by molar-refractivity contribution is 0.102. The van der Waals surface area contributed by atoms with Crippen molar-refractivity contribution in [3.05, 3.63) is 77.4 Å². The number of para-hydroxylation sites is 1. The standard InChI is InChI=1S/C24H24N2O5/c1-15-8-7-9-17(12-15)25-24(28)18-10-5-6-11-19(18)26-23(27)16-13-20(29-2)22(31-4)21(14-16)30-3/h5-14H,1-4H3,(H,25,28)(H,26,27). The number of methoxy groups -OCH3 is 3. The first-order valence-electron chi connectivity index (χ1n) is 9.55. The van der Waals surface area contributed by atoms with Gasteiger partial charge in [0.25, 0.3) is 11.8 Å². The van der Waals surface area contributed by atoms with Gasteiger partial charge < -0.3 is 24.8 Å². The van der Waals surface area contributed by atoms with Crippen LogP contribution in [0.2, 0.25) is 0 Å². The molecule has 7 heteroatoms. The smallest absolute Gasteiger partial charge is 0.257 e. The van der Waals surface area contributed by atoms with Crippen molar-refractivity contribution >= 4 is 23.2 Å². The average Bonchev–Trinajstić information content (AvgIpc) is 2.78. The van der Waals surface area contributed by atoms with Crippen LogP contribution in [0.1, 0.15) is 26.3 Å². The minimum Gasteiger partial charge on any atom is -0.493 e. The highest BCUT2D eigenvalue weighted by Crippen LogP contribution is 2.38. The van der Waals surface area contributed by atoms with E-state index in [1.54, 1.807) is 36.4 Å². The van der Waals surface area contributed by atoms with Crippen LogP contribution in [0.5, 0.6) is 17.2 Å². The second-order valence-electron chi connectivity index (χ2n) is 6.74. The van der Waals surface area contributed by atoms with E-state index in [9.17, 15) is 9.59 Å². The number of amides is 2. The van der Waals surface area contributed by atoms with E-state index >= 15 is 0 Å². The number of anilines is 2. The van der Waals surface area contributed by atoms with Gasteiger partial charge >= 0.3 is 0 Å². The first kappa shape index (κ1) is 21.7. The van der Waals surface area contributed by atoms with E-state index in [0.29, 0.717) is 39.8 Å². The molecule has 0 aliphatic carbocycles. The van der Waals surface area contributed by atoms with Crippen molar-refractivity contribution in [1.29, 1.82) is 0 Å². The Balaban J connectivity index is 1.87. The van der Waals surface area contributed by atoms with Gasteiger partial charge in [0.2, 0.25) is 5.75 Å². The fourth-order valence-electron chi connectivity index (χ4n) is 3.12. The van der Waals surface area contributed by atoms with E-state index < -0.39 is 5.91 Å². The summed E-state index contributed by atoms with van der Waals surface area (Å²) in [5.74, 6) is 0.357. The first-order valence-corrected chi connectivity index (χ1v) is 9.55. The van der Waals surface area contributed by atoms with Crippen LogP contribution < -0.4 is 24.8 Å². The molecule has 0 spiro atoms. The Morgan fingerprint density at radius 2 is 1.42 bits per heavy atom. The van der Waals surface area contributed by atoms with Crippen LogP contribution in [-0.4, -0.2) is 33.1 Å². The number of hydrogen-bond acceptors (Lipinski definition) is 5. The third-order valence-corrected chi connectivity index (χ3v) is 4.62. The van der Waals surface area contributed by atoms with Crippen LogP contribution in [-0.2, 0) is 0 Å². The second-order valence-corrected chi connectivity index (χ2v) is 6.74. The lowest BCUT2D eigenvalue weighted by Gasteiger charge is -2.15. The molecule has 3 aromatic rings. The zero-order valence-corrected chi connectivity index (χ0v) is 17.8. The lowest BCUT2D eigenvalue weighted by Crippen LogP contribution is -2.18. The second kappa shape index (κ2) is 9.67.